The number of halogens is 1. The minimum atomic E-state index is -0.127. The van der Waals surface area contributed by atoms with Crippen LogP contribution in [0.4, 0.5) is 11.5 Å². The fraction of sp³-hybridized carbons (Fsp3) is 0.276. The molecule has 0 bridgehead atoms. The Morgan fingerprint density at radius 2 is 1.71 bits per heavy atom. The monoisotopic (exact) mass is 547 g/mol. The van der Waals surface area contributed by atoms with Gasteiger partial charge in [-0.1, -0.05) is 47.6 Å². The number of carbonyl (C=O) groups excluding carboxylic acids is 1. The largest absolute Gasteiger partial charge is 0.467 e. The quantitative estimate of drug-likeness (QED) is 0.218. The second-order valence-electron chi connectivity index (χ2n) is 9.21. The lowest BCUT2D eigenvalue weighted by Crippen LogP contribution is -2.47. The molecule has 0 radical (unpaired) electrons. The molecule has 1 aliphatic heterocycles. The van der Waals surface area contributed by atoms with E-state index in [9.17, 15) is 4.79 Å². The van der Waals surface area contributed by atoms with Crippen molar-refractivity contribution in [3.63, 3.8) is 0 Å². The van der Waals surface area contributed by atoms with Crippen molar-refractivity contribution in [2.45, 2.75) is 31.3 Å². The Morgan fingerprint density at radius 3 is 2.42 bits per heavy atom. The summed E-state index contributed by atoms with van der Waals surface area (Å²) < 4.78 is 5.26. The minimum absolute atomic E-state index is 0.127. The summed E-state index contributed by atoms with van der Waals surface area (Å²) in [4.78, 5) is 26.8. The van der Waals surface area contributed by atoms with Crippen molar-refractivity contribution in [1.29, 1.82) is 0 Å². The summed E-state index contributed by atoms with van der Waals surface area (Å²) in [6, 6.07) is 19.3. The SMILES string of the molecule is Cc1nc(SCc2ccc(C(=O)NCc3ccco3)cc2)nc(N2CCN(c3ccccc3Cl)CC2)c1C. The molecule has 1 fully saturated rings. The van der Waals surface area contributed by atoms with E-state index in [0.717, 1.165) is 76.2 Å². The summed E-state index contributed by atoms with van der Waals surface area (Å²) in [5.41, 5.74) is 4.92. The number of para-hydroxylation sites is 1. The van der Waals surface area contributed by atoms with Crippen LogP contribution in [0.15, 0.2) is 76.5 Å². The first-order chi connectivity index (χ1) is 18.5. The standard InChI is InChI=1S/C29H30ClN5O2S/c1-20-21(2)32-29(33-27(20)35-15-13-34(14-16-35)26-8-4-3-7-25(26)30)38-19-22-9-11-23(12-10-22)28(36)31-18-24-6-5-17-37-24/h3-12,17H,13-16,18-19H2,1-2H3,(H,31,36). The first kappa shape index (κ1) is 26.1. The van der Waals surface area contributed by atoms with Crippen molar-refractivity contribution in [1.82, 2.24) is 15.3 Å². The molecule has 0 spiro atoms. The van der Waals surface area contributed by atoms with E-state index in [0.29, 0.717) is 12.1 Å². The van der Waals surface area contributed by atoms with Crippen LogP contribution in [0.3, 0.4) is 0 Å². The van der Waals surface area contributed by atoms with Gasteiger partial charge in [0.25, 0.3) is 5.91 Å². The van der Waals surface area contributed by atoms with E-state index in [1.807, 2.05) is 55.5 Å². The Labute approximate surface area is 232 Å². The number of aryl methyl sites for hydroxylation is 1. The topological polar surface area (TPSA) is 74.5 Å². The maximum Gasteiger partial charge on any atom is 0.251 e. The zero-order chi connectivity index (χ0) is 26.5. The average molecular weight is 548 g/mol. The smallest absolute Gasteiger partial charge is 0.251 e. The number of rotatable bonds is 8. The van der Waals surface area contributed by atoms with Gasteiger partial charge in [0.2, 0.25) is 0 Å². The maximum absolute atomic E-state index is 12.4. The van der Waals surface area contributed by atoms with Crippen LogP contribution in [0.1, 0.15) is 32.9 Å². The van der Waals surface area contributed by atoms with E-state index in [1.165, 1.54) is 0 Å². The summed E-state index contributed by atoms with van der Waals surface area (Å²) in [6.45, 7) is 8.01. The molecule has 1 N–H and O–H groups in total. The molecule has 0 unspecified atom stereocenters. The Kier molecular flexibility index (Phi) is 8.20. The molecule has 1 amide bonds. The number of carbonyl (C=O) groups is 1. The molecule has 3 heterocycles. The highest BCUT2D eigenvalue weighted by Gasteiger charge is 2.22. The maximum atomic E-state index is 12.4. The molecule has 7 nitrogen and oxygen atoms in total. The van der Waals surface area contributed by atoms with Crippen molar-refractivity contribution >= 4 is 40.8 Å². The van der Waals surface area contributed by atoms with E-state index in [-0.39, 0.29) is 5.91 Å². The van der Waals surface area contributed by atoms with Crippen LogP contribution in [0, 0.1) is 13.8 Å². The third kappa shape index (κ3) is 6.14. The van der Waals surface area contributed by atoms with Crippen LogP contribution >= 0.6 is 23.4 Å². The van der Waals surface area contributed by atoms with Gasteiger partial charge in [-0.15, -0.1) is 0 Å². The van der Waals surface area contributed by atoms with E-state index in [1.54, 1.807) is 24.1 Å². The third-order valence-electron chi connectivity index (χ3n) is 6.70. The molecule has 0 saturated carbocycles. The highest BCUT2D eigenvalue weighted by atomic mass is 35.5. The number of piperazine rings is 1. The number of furan rings is 1. The van der Waals surface area contributed by atoms with E-state index >= 15 is 0 Å². The minimum Gasteiger partial charge on any atom is -0.467 e. The lowest BCUT2D eigenvalue weighted by Gasteiger charge is -2.37. The number of aromatic nitrogens is 2. The van der Waals surface area contributed by atoms with Crippen LogP contribution in [0.2, 0.25) is 5.02 Å². The van der Waals surface area contributed by atoms with Crippen molar-refractivity contribution in [2.24, 2.45) is 0 Å². The molecule has 38 heavy (non-hydrogen) atoms. The van der Waals surface area contributed by atoms with E-state index in [2.05, 4.69) is 28.1 Å². The van der Waals surface area contributed by atoms with Gasteiger partial charge < -0.3 is 19.5 Å². The van der Waals surface area contributed by atoms with Gasteiger partial charge in [-0.2, -0.15) is 0 Å². The molecule has 196 valence electrons. The summed E-state index contributed by atoms with van der Waals surface area (Å²) >= 11 is 8.03. The van der Waals surface area contributed by atoms with Gasteiger partial charge >= 0.3 is 0 Å². The molecule has 2 aromatic carbocycles. The third-order valence-corrected chi connectivity index (χ3v) is 7.94. The normalized spacial score (nSPS) is 13.6. The van der Waals surface area contributed by atoms with E-state index < -0.39 is 0 Å². The number of hydrogen-bond donors (Lipinski definition) is 1. The first-order valence-electron chi connectivity index (χ1n) is 12.6. The second-order valence-corrected chi connectivity index (χ2v) is 10.6. The lowest BCUT2D eigenvalue weighted by molar-refractivity contribution is 0.0948. The predicted octanol–water partition coefficient (Wildman–Crippen LogP) is 5.89. The lowest BCUT2D eigenvalue weighted by atomic mass is 10.1. The van der Waals surface area contributed by atoms with Crippen LogP contribution in [-0.2, 0) is 12.3 Å². The summed E-state index contributed by atoms with van der Waals surface area (Å²) in [7, 11) is 0. The van der Waals surface area contributed by atoms with Crippen LogP contribution in [0.25, 0.3) is 0 Å². The summed E-state index contributed by atoms with van der Waals surface area (Å²) in [5.74, 6) is 2.32. The Balaban J connectivity index is 1.19. The number of anilines is 2. The van der Waals surface area contributed by atoms with Crippen molar-refractivity contribution in [2.75, 3.05) is 36.0 Å². The molecule has 0 atom stereocenters. The van der Waals surface area contributed by atoms with Crippen molar-refractivity contribution in [3.8, 4) is 0 Å². The first-order valence-corrected chi connectivity index (χ1v) is 14.0. The van der Waals surface area contributed by atoms with Crippen LogP contribution in [0.5, 0.6) is 0 Å². The van der Waals surface area contributed by atoms with Gasteiger partial charge in [0.05, 0.1) is 23.5 Å². The molecular formula is C29H30ClN5O2S. The van der Waals surface area contributed by atoms with Crippen molar-refractivity contribution in [3.05, 3.63) is 100 Å². The molecule has 1 aliphatic rings. The summed E-state index contributed by atoms with van der Waals surface area (Å²) in [6.07, 6.45) is 1.60. The van der Waals surface area contributed by atoms with Crippen LogP contribution in [-0.4, -0.2) is 42.1 Å². The number of hydrogen-bond acceptors (Lipinski definition) is 7. The van der Waals surface area contributed by atoms with Gasteiger partial charge in [0, 0.05) is 48.8 Å². The molecule has 9 heteroatoms. The van der Waals surface area contributed by atoms with Gasteiger partial charge in [-0.25, -0.2) is 9.97 Å². The molecule has 4 aromatic rings. The van der Waals surface area contributed by atoms with Crippen LogP contribution < -0.4 is 15.1 Å². The number of benzene rings is 2. The van der Waals surface area contributed by atoms with E-state index in [4.69, 9.17) is 26.0 Å². The van der Waals surface area contributed by atoms with Crippen molar-refractivity contribution < 1.29 is 9.21 Å². The molecular weight excluding hydrogens is 518 g/mol. The Hall–Kier alpha value is -3.49. The number of nitrogens with one attached hydrogen (secondary N) is 1. The van der Waals surface area contributed by atoms with Gasteiger partial charge in [-0.3, -0.25) is 4.79 Å². The predicted molar refractivity (Wildman–Crippen MR) is 153 cm³/mol. The number of amides is 1. The number of thioether (sulfide) groups is 1. The Bertz CT molecular complexity index is 1390. The molecule has 0 aliphatic carbocycles. The summed E-state index contributed by atoms with van der Waals surface area (Å²) in [5, 5.41) is 4.42. The second kappa shape index (κ2) is 11.9. The van der Waals surface area contributed by atoms with Gasteiger partial charge in [-0.05, 0) is 55.8 Å². The fourth-order valence-electron chi connectivity index (χ4n) is 4.41. The molecule has 1 saturated heterocycles. The van der Waals surface area contributed by atoms with Gasteiger partial charge in [0.1, 0.15) is 11.6 Å². The zero-order valence-electron chi connectivity index (χ0n) is 21.5. The molecule has 2 aromatic heterocycles. The highest BCUT2D eigenvalue weighted by Crippen LogP contribution is 2.30. The Morgan fingerprint density at radius 1 is 0.974 bits per heavy atom. The fourth-order valence-corrected chi connectivity index (χ4v) is 5.51. The number of nitrogens with zero attached hydrogens (tertiary/aromatic N) is 4. The zero-order valence-corrected chi connectivity index (χ0v) is 23.1. The highest BCUT2D eigenvalue weighted by molar-refractivity contribution is 7.98. The average Bonchev–Trinajstić information content (AvgIpc) is 3.47. The van der Waals surface area contributed by atoms with Gasteiger partial charge in [0.15, 0.2) is 5.16 Å². The molecule has 5 rings (SSSR count).